The largest absolute Gasteiger partial charge is 0.367 e. The van der Waals surface area contributed by atoms with Crippen LogP contribution in [0.5, 0.6) is 0 Å². The number of fused-ring (bicyclic) bond motifs is 3. The molecular weight excluding hydrogens is 356 g/mol. The molecule has 1 aliphatic carbocycles. The van der Waals surface area contributed by atoms with Crippen molar-refractivity contribution in [3.05, 3.63) is 53.8 Å². The number of anilines is 1. The average molecular weight is 377 g/mol. The molecule has 0 bridgehead atoms. The molecule has 4 nitrogen and oxygen atoms in total. The van der Waals surface area contributed by atoms with Gasteiger partial charge in [0, 0.05) is 22.0 Å². The molecule has 0 saturated heterocycles. The number of nitrogens with one attached hydrogen (secondary N) is 2. The molecule has 0 aliphatic heterocycles. The second kappa shape index (κ2) is 6.86. The van der Waals surface area contributed by atoms with Crippen molar-refractivity contribution in [1.29, 1.82) is 0 Å². The number of nitrogens with zero attached hydrogens (tertiary/aromatic N) is 2. The van der Waals surface area contributed by atoms with E-state index in [0.29, 0.717) is 6.04 Å². The Balaban J connectivity index is 1.63. The lowest BCUT2D eigenvalue weighted by Gasteiger charge is -2.23. The Kier molecular flexibility index (Phi) is 4.21. The second-order valence-electron chi connectivity index (χ2n) is 7.32. The lowest BCUT2D eigenvalue weighted by atomic mass is 9.95. The lowest BCUT2D eigenvalue weighted by Crippen LogP contribution is -2.22. The van der Waals surface area contributed by atoms with Gasteiger partial charge in [-0.25, -0.2) is 9.97 Å². The van der Waals surface area contributed by atoms with E-state index in [1.54, 1.807) is 6.33 Å². The van der Waals surface area contributed by atoms with Gasteiger partial charge in [-0.05, 0) is 48.2 Å². The molecular formula is C22H21ClN4. The van der Waals surface area contributed by atoms with Crippen LogP contribution in [-0.4, -0.2) is 21.0 Å². The monoisotopic (exact) mass is 376 g/mol. The number of aromatic nitrogens is 3. The molecule has 1 saturated carbocycles. The van der Waals surface area contributed by atoms with Crippen molar-refractivity contribution in [2.75, 3.05) is 5.32 Å². The fourth-order valence-electron chi connectivity index (χ4n) is 4.12. The van der Waals surface area contributed by atoms with Crippen LogP contribution >= 0.6 is 11.6 Å². The summed E-state index contributed by atoms with van der Waals surface area (Å²) in [6.07, 6.45) is 7.98. The fraction of sp³-hybridized carbons (Fsp3) is 0.273. The summed E-state index contributed by atoms with van der Waals surface area (Å²) in [6.45, 7) is 0. The first kappa shape index (κ1) is 16.6. The van der Waals surface area contributed by atoms with E-state index in [2.05, 4.69) is 44.5 Å². The molecule has 0 radical (unpaired) electrons. The Bertz CT molecular complexity index is 1110. The highest BCUT2D eigenvalue weighted by molar-refractivity contribution is 6.30. The average Bonchev–Trinajstić information content (AvgIpc) is 3.07. The van der Waals surface area contributed by atoms with Crippen LogP contribution in [0.4, 0.5) is 5.82 Å². The minimum Gasteiger partial charge on any atom is -0.367 e. The first-order valence-electron chi connectivity index (χ1n) is 9.57. The molecule has 2 N–H and O–H groups in total. The van der Waals surface area contributed by atoms with E-state index in [-0.39, 0.29) is 0 Å². The molecule has 2 aromatic carbocycles. The predicted molar refractivity (Wildman–Crippen MR) is 112 cm³/mol. The van der Waals surface area contributed by atoms with Crippen LogP contribution < -0.4 is 5.32 Å². The van der Waals surface area contributed by atoms with E-state index in [1.807, 2.05) is 18.2 Å². The topological polar surface area (TPSA) is 53.6 Å². The Morgan fingerprint density at radius 1 is 0.963 bits per heavy atom. The van der Waals surface area contributed by atoms with E-state index in [4.69, 9.17) is 11.6 Å². The smallest absolute Gasteiger partial charge is 0.143 e. The Labute approximate surface area is 163 Å². The van der Waals surface area contributed by atoms with Crippen LogP contribution in [0.3, 0.4) is 0 Å². The molecule has 5 rings (SSSR count). The number of aromatic amines is 1. The lowest BCUT2D eigenvalue weighted by molar-refractivity contribution is 0.462. The maximum absolute atomic E-state index is 6.18. The zero-order valence-corrected chi connectivity index (χ0v) is 15.8. The van der Waals surface area contributed by atoms with Crippen LogP contribution in [0, 0.1) is 0 Å². The van der Waals surface area contributed by atoms with Gasteiger partial charge < -0.3 is 10.3 Å². The zero-order valence-electron chi connectivity index (χ0n) is 15.0. The Morgan fingerprint density at radius 2 is 1.81 bits per heavy atom. The van der Waals surface area contributed by atoms with Crippen molar-refractivity contribution in [1.82, 2.24) is 15.0 Å². The number of hydrogen-bond donors (Lipinski definition) is 2. The summed E-state index contributed by atoms with van der Waals surface area (Å²) in [5.41, 5.74) is 4.19. The summed E-state index contributed by atoms with van der Waals surface area (Å²) in [7, 11) is 0. The number of H-pyrrole nitrogens is 1. The first-order valence-corrected chi connectivity index (χ1v) is 9.95. The van der Waals surface area contributed by atoms with Crippen molar-refractivity contribution in [2.24, 2.45) is 0 Å². The molecule has 4 aromatic rings. The number of rotatable bonds is 3. The molecule has 2 heterocycles. The van der Waals surface area contributed by atoms with E-state index < -0.39 is 0 Å². The van der Waals surface area contributed by atoms with Gasteiger partial charge in [-0.1, -0.05) is 49.1 Å². The number of halogens is 1. The minimum atomic E-state index is 0.498. The summed E-state index contributed by atoms with van der Waals surface area (Å²) in [5, 5.41) is 6.63. The maximum Gasteiger partial charge on any atom is 0.143 e. The van der Waals surface area contributed by atoms with Crippen molar-refractivity contribution in [3.63, 3.8) is 0 Å². The third-order valence-electron chi connectivity index (χ3n) is 5.49. The first-order chi connectivity index (χ1) is 13.3. The van der Waals surface area contributed by atoms with Gasteiger partial charge in [0.2, 0.25) is 0 Å². The molecule has 1 fully saturated rings. The van der Waals surface area contributed by atoms with E-state index >= 15 is 0 Å². The fourth-order valence-corrected chi connectivity index (χ4v) is 4.31. The van der Waals surface area contributed by atoms with Crippen molar-refractivity contribution in [3.8, 4) is 11.1 Å². The molecule has 27 heavy (non-hydrogen) atoms. The molecule has 5 heteroatoms. The summed E-state index contributed by atoms with van der Waals surface area (Å²) >= 11 is 6.18. The van der Waals surface area contributed by atoms with E-state index in [1.165, 1.54) is 32.1 Å². The summed E-state index contributed by atoms with van der Waals surface area (Å²) < 4.78 is 0. The van der Waals surface area contributed by atoms with Crippen LogP contribution in [0.2, 0.25) is 5.02 Å². The Morgan fingerprint density at radius 3 is 2.67 bits per heavy atom. The van der Waals surface area contributed by atoms with Gasteiger partial charge in [-0.15, -0.1) is 0 Å². The van der Waals surface area contributed by atoms with E-state index in [0.717, 1.165) is 43.9 Å². The SMILES string of the molecule is Clc1cccc(-c2ccc3[nH]c4ncnc(NC5CCCCC5)c4c3c2)c1. The summed E-state index contributed by atoms with van der Waals surface area (Å²) in [4.78, 5) is 12.5. The third-order valence-corrected chi connectivity index (χ3v) is 5.73. The highest BCUT2D eigenvalue weighted by atomic mass is 35.5. The summed E-state index contributed by atoms with van der Waals surface area (Å²) in [5.74, 6) is 0.932. The maximum atomic E-state index is 6.18. The van der Waals surface area contributed by atoms with Gasteiger partial charge in [0.05, 0.1) is 5.39 Å². The Hall–Kier alpha value is -2.59. The van der Waals surface area contributed by atoms with Gasteiger partial charge in [-0.3, -0.25) is 0 Å². The van der Waals surface area contributed by atoms with Crippen LogP contribution in [0.15, 0.2) is 48.8 Å². The van der Waals surface area contributed by atoms with Crippen molar-refractivity contribution >= 4 is 39.4 Å². The van der Waals surface area contributed by atoms with Gasteiger partial charge in [-0.2, -0.15) is 0 Å². The third kappa shape index (κ3) is 3.15. The van der Waals surface area contributed by atoms with Gasteiger partial charge in [0.1, 0.15) is 17.8 Å². The molecule has 0 unspecified atom stereocenters. The van der Waals surface area contributed by atoms with Gasteiger partial charge in [0.25, 0.3) is 0 Å². The van der Waals surface area contributed by atoms with Crippen LogP contribution in [-0.2, 0) is 0 Å². The highest BCUT2D eigenvalue weighted by Gasteiger charge is 2.17. The standard InChI is InChI=1S/C22H21ClN4/c23-16-6-4-5-14(11-16)15-9-10-19-18(12-15)20-21(24-13-25-22(20)27-19)26-17-7-2-1-3-8-17/h4-6,9-13,17H,1-3,7-8H2,(H2,24,25,26,27). The van der Waals surface area contributed by atoms with Crippen molar-refractivity contribution < 1.29 is 0 Å². The molecule has 0 amide bonds. The number of hydrogen-bond acceptors (Lipinski definition) is 3. The van der Waals surface area contributed by atoms with Crippen LogP contribution in [0.1, 0.15) is 32.1 Å². The highest BCUT2D eigenvalue weighted by Crippen LogP contribution is 2.34. The molecule has 0 atom stereocenters. The predicted octanol–water partition coefficient (Wildman–Crippen LogP) is 6.18. The van der Waals surface area contributed by atoms with Gasteiger partial charge >= 0.3 is 0 Å². The molecule has 0 spiro atoms. The molecule has 136 valence electrons. The number of benzene rings is 2. The second-order valence-corrected chi connectivity index (χ2v) is 7.76. The quantitative estimate of drug-likeness (QED) is 0.449. The summed E-state index contributed by atoms with van der Waals surface area (Å²) in [6, 6.07) is 14.9. The normalized spacial score (nSPS) is 15.4. The minimum absolute atomic E-state index is 0.498. The van der Waals surface area contributed by atoms with Gasteiger partial charge in [0.15, 0.2) is 0 Å². The van der Waals surface area contributed by atoms with E-state index in [9.17, 15) is 0 Å². The van der Waals surface area contributed by atoms with Crippen LogP contribution in [0.25, 0.3) is 33.1 Å². The van der Waals surface area contributed by atoms with Crippen molar-refractivity contribution in [2.45, 2.75) is 38.1 Å². The molecule has 2 aromatic heterocycles. The molecule has 1 aliphatic rings. The zero-order chi connectivity index (χ0) is 18.2.